The van der Waals surface area contributed by atoms with Crippen molar-refractivity contribution in [3.8, 4) is 11.1 Å². The Balaban J connectivity index is 2.13. The minimum Gasteiger partial charge on any atom is -0.465 e. The fourth-order valence-corrected chi connectivity index (χ4v) is 6.35. The van der Waals surface area contributed by atoms with Crippen LogP contribution >= 0.6 is 22.9 Å². The second kappa shape index (κ2) is 8.94. The Morgan fingerprint density at radius 1 is 1.19 bits per heavy atom. The molecular formula is C21H22ClN3O4S2. The lowest BCUT2D eigenvalue weighted by atomic mass is 9.96. The van der Waals surface area contributed by atoms with E-state index in [-0.39, 0.29) is 26.2 Å². The van der Waals surface area contributed by atoms with Crippen molar-refractivity contribution in [3.63, 3.8) is 0 Å². The average molecular weight is 480 g/mol. The number of nitrogens with zero attached hydrogens (tertiary/aromatic N) is 3. The zero-order chi connectivity index (χ0) is 22.8. The quantitative estimate of drug-likeness (QED) is 0.486. The van der Waals surface area contributed by atoms with Gasteiger partial charge in [0.05, 0.1) is 11.4 Å². The van der Waals surface area contributed by atoms with Crippen molar-refractivity contribution in [1.29, 1.82) is 0 Å². The van der Waals surface area contributed by atoms with E-state index in [2.05, 4.69) is 9.97 Å². The SMILES string of the molecule is CC(C)(C)CN(Cc1cc(-c2cccnc2Cl)c(S(=O)(=O)c2cccnc2)s1)C(=O)O. The van der Waals surface area contributed by atoms with Gasteiger partial charge in [-0.05, 0) is 35.7 Å². The van der Waals surface area contributed by atoms with Crippen molar-refractivity contribution in [1.82, 2.24) is 14.9 Å². The topological polar surface area (TPSA) is 100 Å². The molecule has 164 valence electrons. The molecule has 10 heteroatoms. The minimum atomic E-state index is -3.90. The van der Waals surface area contributed by atoms with E-state index in [1.54, 1.807) is 24.3 Å². The molecule has 3 aromatic rings. The highest BCUT2D eigenvalue weighted by Gasteiger charge is 2.28. The van der Waals surface area contributed by atoms with Crippen LogP contribution in [0.15, 0.2) is 58.0 Å². The summed E-state index contributed by atoms with van der Waals surface area (Å²) in [4.78, 5) is 21.7. The van der Waals surface area contributed by atoms with Gasteiger partial charge in [-0.1, -0.05) is 32.4 Å². The molecule has 0 saturated heterocycles. The van der Waals surface area contributed by atoms with E-state index in [1.807, 2.05) is 20.8 Å². The lowest BCUT2D eigenvalue weighted by Crippen LogP contribution is -2.36. The van der Waals surface area contributed by atoms with E-state index in [0.717, 1.165) is 11.3 Å². The van der Waals surface area contributed by atoms with Crippen LogP contribution in [-0.2, 0) is 16.4 Å². The zero-order valence-electron chi connectivity index (χ0n) is 17.2. The van der Waals surface area contributed by atoms with Gasteiger partial charge in [0, 0.05) is 41.1 Å². The van der Waals surface area contributed by atoms with E-state index in [1.165, 1.54) is 29.6 Å². The molecule has 0 bridgehead atoms. The van der Waals surface area contributed by atoms with Crippen LogP contribution in [0.4, 0.5) is 4.79 Å². The number of amides is 1. The summed E-state index contributed by atoms with van der Waals surface area (Å²) in [6.45, 7) is 6.18. The number of hydrogen-bond donors (Lipinski definition) is 1. The van der Waals surface area contributed by atoms with Crippen LogP contribution < -0.4 is 0 Å². The summed E-state index contributed by atoms with van der Waals surface area (Å²) in [7, 11) is -3.90. The molecule has 7 nitrogen and oxygen atoms in total. The van der Waals surface area contributed by atoms with Gasteiger partial charge in [-0.15, -0.1) is 11.3 Å². The summed E-state index contributed by atoms with van der Waals surface area (Å²) >= 11 is 7.29. The van der Waals surface area contributed by atoms with Crippen LogP contribution in [0.2, 0.25) is 5.15 Å². The van der Waals surface area contributed by atoms with Gasteiger partial charge in [-0.3, -0.25) is 4.98 Å². The molecule has 0 aliphatic rings. The Kier molecular flexibility index (Phi) is 6.68. The molecule has 1 amide bonds. The highest BCUT2D eigenvalue weighted by molar-refractivity contribution is 7.93. The first-order valence-corrected chi connectivity index (χ1v) is 12.0. The van der Waals surface area contributed by atoms with Gasteiger partial charge in [0.15, 0.2) is 0 Å². The Hall–Kier alpha value is -2.49. The lowest BCUT2D eigenvalue weighted by Gasteiger charge is -2.27. The van der Waals surface area contributed by atoms with Gasteiger partial charge >= 0.3 is 6.09 Å². The van der Waals surface area contributed by atoms with Crippen LogP contribution in [-0.4, -0.2) is 41.0 Å². The highest BCUT2D eigenvalue weighted by atomic mass is 35.5. The third kappa shape index (κ3) is 5.41. The van der Waals surface area contributed by atoms with Crippen LogP contribution in [0.25, 0.3) is 11.1 Å². The summed E-state index contributed by atoms with van der Waals surface area (Å²) in [6, 6.07) is 8.05. The van der Waals surface area contributed by atoms with E-state index >= 15 is 0 Å². The van der Waals surface area contributed by atoms with Gasteiger partial charge in [0.2, 0.25) is 9.84 Å². The first-order chi connectivity index (χ1) is 14.5. The third-order valence-electron chi connectivity index (χ3n) is 4.27. The summed E-state index contributed by atoms with van der Waals surface area (Å²) in [6.07, 6.45) is 3.23. The van der Waals surface area contributed by atoms with E-state index in [4.69, 9.17) is 11.6 Å². The van der Waals surface area contributed by atoms with Gasteiger partial charge < -0.3 is 10.0 Å². The van der Waals surface area contributed by atoms with Crippen molar-refractivity contribution in [3.05, 3.63) is 59.0 Å². The Morgan fingerprint density at radius 2 is 1.90 bits per heavy atom. The Morgan fingerprint density at radius 3 is 2.48 bits per heavy atom. The second-order valence-corrected chi connectivity index (χ2v) is 11.8. The van der Waals surface area contributed by atoms with Crippen LogP contribution in [0.5, 0.6) is 0 Å². The predicted molar refractivity (Wildman–Crippen MR) is 120 cm³/mol. The maximum atomic E-state index is 13.4. The van der Waals surface area contributed by atoms with Crippen molar-refractivity contribution in [2.75, 3.05) is 6.54 Å². The fraction of sp³-hybridized carbons (Fsp3) is 0.286. The highest BCUT2D eigenvalue weighted by Crippen LogP contribution is 2.40. The molecule has 0 atom stereocenters. The number of rotatable bonds is 6. The molecule has 0 unspecified atom stereocenters. The first kappa shape index (κ1) is 23.2. The summed E-state index contributed by atoms with van der Waals surface area (Å²) in [5, 5.41) is 9.81. The van der Waals surface area contributed by atoms with Crippen molar-refractivity contribution >= 4 is 38.9 Å². The van der Waals surface area contributed by atoms with Crippen molar-refractivity contribution in [2.24, 2.45) is 5.41 Å². The van der Waals surface area contributed by atoms with E-state index < -0.39 is 15.9 Å². The molecule has 0 radical (unpaired) electrons. The minimum absolute atomic E-state index is 0.0504. The van der Waals surface area contributed by atoms with Crippen LogP contribution in [0.3, 0.4) is 0 Å². The lowest BCUT2D eigenvalue weighted by molar-refractivity contribution is 0.123. The van der Waals surface area contributed by atoms with Gasteiger partial charge in [0.25, 0.3) is 0 Å². The molecule has 31 heavy (non-hydrogen) atoms. The number of carbonyl (C=O) groups is 1. The molecule has 1 N–H and O–H groups in total. The Bertz CT molecular complexity index is 1190. The summed E-state index contributed by atoms with van der Waals surface area (Å²) < 4.78 is 26.8. The molecule has 0 aromatic carbocycles. The van der Waals surface area contributed by atoms with Crippen molar-refractivity contribution in [2.45, 2.75) is 36.4 Å². The number of aromatic nitrogens is 2. The Labute approximate surface area is 190 Å². The average Bonchev–Trinajstić information content (AvgIpc) is 3.12. The van der Waals surface area contributed by atoms with Crippen LogP contribution in [0.1, 0.15) is 25.6 Å². The normalized spacial score (nSPS) is 12.0. The second-order valence-electron chi connectivity index (χ2n) is 8.15. The zero-order valence-corrected chi connectivity index (χ0v) is 19.6. The maximum Gasteiger partial charge on any atom is 0.407 e. The van der Waals surface area contributed by atoms with E-state index in [0.29, 0.717) is 22.5 Å². The molecule has 0 aliphatic heterocycles. The third-order valence-corrected chi connectivity index (χ3v) is 7.96. The molecule has 3 rings (SSSR count). The number of halogens is 1. The summed E-state index contributed by atoms with van der Waals surface area (Å²) in [5.74, 6) is 0. The molecule has 3 heterocycles. The van der Waals surface area contributed by atoms with E-state index in [9.17, 15) is 18.3 Å². The molecule has 0 aliphatic carbocycles. The molecule has 3 aromatic heterocycles. The van der Waals surface area contributed by atoms with Crippen molar-refractivity contribution < 1.29 is 18.3 Å². The molecule has 0 spiro atoms. The first-order valence-electron chi connectivity index (χ1n) is 9.35. The number of hydrogen-bond acceptors (Lipinski definition) is 6. The number of pyridine rings is 2. The number of carboxylic acid groups (broad SMARTS) is 1. The molecule has 0 fully saturated rings. The van der Waals surface area contributed by atoms with Gasteiger partial charge in [0.1, 0.15) is 9.36 Å². The van der Waals surface area contributed by atoms with Gasteiger partial charge in [-0.25, -0.2) is 18.2 Å². The predicted octanol–water partition coefficient (Wildman–Crippen LogP) is 5.22. The maximum absolute atomic E-state index is 13.4. The molecular weight excluding hydrogens is 458 g/mol. The van der Waals surface area contributed by atoms with Crippen LogP contribution in [0, 0.1) is 5.41 Å². The largest absolute Gasteiger partial charge is 0.465 e. The monoisotopic (exact) mass is 479 g/mol. The summed E-state index contributed by atoms with van der Waals surface area (Å²) in [5.41, 5.74) is 0.602. The fourth-order valence-electron chi connectivity index (χ4n) is 3.04. The number of sulfone groups is 1. The smallest absolute Gasteiger partial charge is 0.407 e. The molecule has 0 saturated carbocycles. The number of thiophene rings is 1. The standard InChI is InChI=1S/C21H22ClN3O4S2/c1-21(2,3)13-25(20(26)27)12-14-10-17(16-7-5-9-24-18(16)22)19(30-14)31(28,29)15-6-4-8-23-11-15/h4-11H,12-13H2,1-3H3,(H,26,27). The van der Waals surface area contributed by atoms with Gasteiger partial charge in [-0.2, -0.15) is 0 Å².